The van der Waals surface area contributed by atoms with Crippen molar-refractivity contribution in [3.63, 3.8) is 0 Å². The highest BCUT2D eigenvalue weighted by Gasteiger charge is 2.19. The SMILES string of the molecule is CC(C)(C)OC(=O)CN(CCCN)c1ccc(F)cc1. The molecule has 0 aliphatic carbocycles. The molecule has 2 N–H and O–H groups in total. The maximum Gasteiger partial charge on any atom is 0.326 e. The Balaban J connectivity index is 2.74. The van der Waals surface area contributed by atoms with Gasteiger partial charge in [-0.15, -0.1) is 0 Å². The minimum atomic E-state index is -0.514. The number of carbonyl (C=O) groups is 1. The molecular weight excluding hydrogens is 259 g/mol. The Morgan fingerprint density at radius 1 is 1.30 bits per heavy atom. The summed E-state index contributed by atoms with van der Waals surface area (Å²) in [6.45, 7) is 6.77. The summed E-state index contributed by atoms with van der Waals surface area (Å²) in [5.74, 6) is -0.608. The first kappa shape index (κ1) is 16.4. The fourth-order valence-electron chi connectivity index (χ4n) is 1.76. The summed E-state index contributed by atoms with van der Waals surface area (Å²) in [7, 11) is 0. The van der Waals surface area contributed by atoms with Crippen LogP contribution in [-0.4, -0.2) is 31.2 Å². The number of benzene rings is 1. The molecule has 4 nitrogen and oxygen atoms in total. The number of anilines is 1. The number of carbonyl (C=O) groups excluding carboxylic acids is 1. The van der Waals surface area contributed by atoms with Crippen molar-refractivity contribution in [1.29, 1.82) is 0 Å². The van der Waals surface area contributed by atoms with Crippen LogP contribution < -0.4 is 10.6 Å². The van der Waals surface area contributed by atoms with Gasteiger partial charge in [-0.3, -0.25) is 4.79 Å². The number of halogens is 1. The summed E-state index contributed by atoms with van der Waals surface area (Å²) in [4.78, 5) is 13.8. The van der Waals surface area contributed by atoms with Crippen LogP contribution in [0.4, 0.5) is 10.1 Å². The lowest BCUT2D eigenvalue weighted by molar-refractivity contribution is -0.153. The summed E-state index contributed by atoms with van der Waals surface area (Å²) in [5, 5.41) is 0. The average Bonchev–Trinajstić information content (AvgIpc) is 2.33. The van der Waals surface area contributed by atoms with Crippen LogP contribution in [0.1, 0.15) is 27.2 Å². The summed E-state index contributed by atoms with van der Waals surface area (Å²) in [5.41, 5.74) is 5.78. The van der Waals surface area contributed by atoms with Crippen molar-refractivity contribution in [2.45, 2.75) is 32.8 Å². The predicted octanol–water partition coefficient (Wildman–Crippen LogP) is 2.32. The zero-order valence-electron chi connectivity index (χ0n) is 12.4. The third-order valence-corrected chi connectivity index (χ3v) is 2.56. The number of esters is 1. The summed E-state index contributed by atoms with van der Waals surface area (Å²) >= 11 is 0. The van der Waals surface area contributed by atoms with Gasteiger partial charge in [-0.25, -0.2) is 4.39 Å². The van der Waals surface area contributed by atoms with Gasteiger partial charge >= 0.3 is 5.97 Å². The quantitative estimate of drug-likeness (QED) is 0.814. The highest BCUT2D eigenvalue weighted by atomic mass is 19.1. The number of rotatable bonds is 6. The maximum atomic E-state index is 13.0. The third kappa shape index (κ3) is 6.02. The molecule has 0 saturated carbocycles. The van der Waals surface area contributed by atoms with Crippen molar-refractivity contribution in [1.82, 2.24) is 0 Å². The molecule has 112 valence electrons. The van der Waals surface area contributed by atoms with Crippen LogP contribution in [0.3, 0.4) is 0 Å². The van der Waals surface area contributed by atoms with E-state index in [4.69, 9.17) is 10.5 Å². The normalized spacial score (nSPS) is 11.2. The minimum Gasteiger partial charge on any atom is -0.459 e. The van der Waals surface area contributed by atoms with Crippen molar-refractivity contribution in [3.8, 4) is 0 Å². The van der Waals surface area contributed by atoms with Crippen LogP contribution in [0.2, 0.25) is 0 Å². The van der Waals surface area contributed by atoms with Gasteiger partial charge in [0.05, 0.1) is 0 Å². The van der Waals surface area contributed by atoms with Gasteiger partial charge in [0, 0.05) is 12.2 Å². The van der Waals surface area contributed by atoms with E-state index in [0.29, 0.717) is 13.1 Å². The summed E-state index contributed by atoms with van der Waals surface area (Å²) < 4.78 is 18.3. The molecule has 0 atom stereocenters. The second kappa shape index (κ2) is 7.24. The molecule has 0 aromatic heterocycles. The van der Waals surface area contributed by atoms with Crippen LogP contribution in [0.15, 0.2) is 24.3 Å². The van der Waals surface area contributed by atoms with E-state index in [2.05, 4.69) is 0 Å². The van der Waals surface area contributed by atoms with Gasteiger partial charge in [-0.1, -0.05) is 0 Å². The number of nitrogens with two attached hydrogens (primary N) is 1. The number of ether oxygens (including phenoxy) is 1. The van der Waals surface area contributed by atoms with Crippen molar-refractivity contribution in [2.24, 2.45) is 5.73 Å². The zero-order valence-corrected chi connectivity index (χ0v) is 12.4. The molecule has 20 heavy (non-hydrogen) atoms. The van der Waals surface area contributed by atoms with Crippen molar-refractivity contribution >= 4 is 11.7 Å². The lowest BCUT2D eigenvalue weighted by Crippen LogP contribution is -2.36. The predicted molar refractivity (Wildman–Crippen MR) is 78.1 cm³/mol. The summed E-state index contributed by atoms with van der Waals surface area (Å²) in [6, 6.07) is 6.05. The molecule has 0 heterocycles. The first-order valence-corrected chi connectivity index (χ1v) is 6.74. The van der Waals surface area contributed by atoms with Gasteiger partial charge in [0.1, 0.15) is 18.0 Å². The monoisotopic (exact) mass is 282 g/mol. The van der Waals surface area contributed by atoms with Gasteiger partial charge in [-0.2, -0.15) is 0 Å². The Morgan fingerprint density at radius 2 is 1.90 bits per heavy atom. The van der Waals surface area contributed by atoms with E-state index in [-0.39, 0.29) is 18.3 Å². The van der Waals surface area contributed by atoms with Gasteiger partial charge in [0.25, 0.3) is 0 Å². The molecule has 0 unspecified atom stereocenters. The van der Waals surface area contributed by atoms with Gasteiger partial charge in [0.2, 0.25) is 0 Å². The van der Waals surface area contributed by atoms with Crippen LogP contribution in [0.25, 0.3) is 0 Å². The molecule has 0 amide bonds. The Bertz CT molecular complexity index is 426. The zero-order chi connectivity index (χ0) is 15.2. The number of hydrogen-bond acceptors (Lipinski definition) is 4. The minimum absolute atomic E-state index is 0.128. The Labute approximate surface area is 119 Å². The number of nitrogens with zero attached hydrogens (tertiary/aromatic N) is 1. The molecule has 0 bridgehead atoms. The van der Waals surface area contributed by atoms with Gasteiger partial charge in [-0.05, 0) is 58.0 Å². The third-order valence-electron chi connectivity index (χ3n) is 2.56. The van der Waals surface area contributed by atoms with Gasteiger partial charge < -0.3 is 15.4 Å². The van der Waals surface area contributed by atoms with Crippen LogP contribution in [-0.2, 0) is 9.53 Å². The largest absolute Gasteiger partial charge is 0.459 e. The van der Waals surface area contributed by atoms with E-state index in [0.717, 1.165) is 12.1 Å². The fraction of sp³-hybridized carbons (Fsp3) is 0.533. The van der Waals surface area contributed by atoms with Gasteiger partial charge in [0.15, 0.2) is 0 Å². The molecule has 1 aromatic carbocycles. The fourth-order valence-corrected chi connectivity index (χ4v) is 1.76. The molecule has 0 aliphatic heterocycles. The Morgan fingerprint density at radius 3 is 2.40 bits per heavy atom. The highest BCUT2D eigenvalue weighted by molar-refractivity contribution is 5.76. The molecule has 1 aromatic rings. The number of hydrogen-bond donors (Lipinski definition) is 1. The molecule has 0 fully saturated rings. The Kier molecular flexibility index (Phi) is 5.95. The Hall–Kier alpha value is -1.62. The highest BCUT2D eigenvalue weighted by Crippen LogP contribution is 2.16. The first-order chi connectivity index (χ1) is 9.31. The molecule has 0 spiro atoms. The van der Waals surface area contributed by atoms with Crippen molar-refractivity contribution in [2.75, 3.05) is 24.5 Å². The van der Waals surface area contributed by atoms with Crippen molar-refractivity contribution in [3.05, 3.63) is 30.1 Å². The second-order valence-corrected chi connectivity index (χ2v) is 5.63. The van der Waals surface area contributed by atoms with Crippen molar-refractivity contribution < 1.29 is 13.9 Å². The lowest BCUT2D eigenvalue weighted by Gasteiger charge is -2.26. The molecule has 0 saturated heterocycles. The second-order valence-electron chi connectivity index (χ2n) is 5.63. The van der Waals surface area contributed by atoms with Crippen LogP contribution >= 0.6 is 0 Å². The maximum absolute atomic E-state index is 13.0. The van der Waals surface area contributed by atoms with Crippen LogP contribution in [0, 0.1) is 5.82 Å². The topological polar surface area (TPSA) is 55.6 Å². The van der Waals surface area contributed by atoms with E-state index >= 15 is 0 Å². The average molecular weight is 282 g/mol. The molecular formula is C15H23FN2O2. The van der Waals surface area contributed by atoms with Crippen LogP contribution in [0.5, 0.6) is 0 Å². The smallest absolute Gasteiger partial charge is 0.326 e. The standard InChI is InChI=1S/C15H23FN2O2/c1-15(2,3)20-14(19)11-18(10-4-9-17)13-7-5-12(16)6-8-13/h5-8H,4,9-11,17H2,1-3H3. The molecule has 0 radical (unpaired) electrons. The van der Waals surface area contributed by atoms with E-state index < -0.39 is 5.60 Å². The summed E-state index contributed by atoms with van der Waals surface area (Å²) in [6.07, 6.45) is 0.750. The first-order valence-electron chi connectivity index (χ1n) is 6.74. The lowest BCUT2D eigenvalue weighted by atomic mass is 10.2. The van der Waals surface area contributed by atoms with E-state index in [1.54, 1.807) is 12.1 Å². The molecule has 1 rings (SSSR count). The molecule has 5 heteroatoms. The molecule has 0 aliphatic rings. The van der Waals surface area contributed by atoms with E-state index in [9.17, 15) is 9.18 Å². The van der Waals surface area contributed by atoms with E-state index in [1.807, 2.05) is 25.7 Å². The van der Waals surface area contributed by atoms with E-state index in [1.165, 1.54) is 12.1 Å².